The van der Waals surface area contributed by atoms with E-state index in [1.807, 2.05) is 7.05 Å². The lowest BCUT2D eigenvalue weighted by atomic mass is 9.95. The molecule has 1 saturated heterocycles. The lowest BCUT2D eigenvalue weighted by molar-refractivity contribution is 0.0890. The molecule has 1 aliphatic heterocycles. The molecule has 1 rings (SSSR count). The number of methoxy groups -OCH3 is 1. The van der Waals surface area contributed by atoms with E-state index in [4.69, 9.17) is 4.74 Å². The van der Waals surface area contributed by atoms with Crippen molar-refractivity contribution in [2.75, 3.05) is 47.0 Å². The fourth-order valence-electron chi connectivity index (χ4n) is 2.86. The van der Waals surface area contributed by atoms with Crippen LogP contribution in [0.2, 0.25) is 0 Å². The second-order valence-electron chi connectivity index (χ2n) is 6.19. The zero-order chi connectivity index (χ0) is 14.1. The van der Waals surface area contributed by atoms with Crippen molar-refractivity contribution < 1.29 is 9.84 Å². The molecule has 0 aromatic heterocycles. The predicted octanol–water partition coefficient (Wildman–Crippen LogP) is 1.49. The largest absolute Gasteiger partial charge is 0.394 e. The van der Waals surface area contributed by atoms with Gasteiger partial charge in [-0.3, -0.25) is 0 Å². The molecule has 0 aromatic rings. The maximum Gasteiger partial charge on any atom is 0.0610 e. The molecule has 0 amide bonds. The second-order valence-corrected chi connectivity index (χ2v) is 6.19. The normalized spacial score (nSPS) is 24.3. The molecule has 0 aromatic carbocycles. The quantitative estimate of drug-likeness (QED) is 0.624. The van der Waals surface area contributed by atoms with Crippen molar-refractivity contribution in [1.82, 2.24) is 10.2 Å². The number of hydrogen-bond donors (Lipinski definition) is 2. The second kappa shape index (κ2) is 8.90. The molecule has 19 heavy (non-hydrogen) atoms. The van der Waals surface area contributed by atoms with E-state index < -0.39 is 0 Å². The summed E-state index contributed by atoms with van der Waals surface area (Å²) in [4.78, 5) is 2.57. The SMILES string of the molecule is CNC(C)(CO)CCCCN1CCCC(COC)C1. The summed E-state index contributed by atoms with van der Waals surface area (Å²) in [6, 6.07) is 0. The third-order valence-corrected chi connectivity index (χ3v) is 4.41. The number of aliphatic hydroxyl groups is 1. The molecule has 1 aliphatic rings. The standard InChI is InChI=1S/C15H32N2O2/c1-15(13-18,16-2)8-4-5-9-17-10-6-7-14(11-17)12-19-3/h14,16,18H,4-13H2,1-3H3. The van der Waals surface area contributed by atoms with Crippen LogP contribution in [-0.2, 0) is 4.74 Å². The topological polar surface area (TPSA) is 44.7 Å². The fraction of sp³-hybridized carbons (Fsp3) is 1.00. The average Bonchev–Trinajstić information content (AvgIpc) is 2.44. The predicted molar refractivity (Wildman–Crippen MR) is 79.4 cm³/mol. The molecule has 114 valence electrons. The van der Waals surface area contributed by atoms with Gasteiger partial charge in [-0.25, -0.2) is 0 Å². The van der Waals surface area contributed by atoms with E-state index >= 15 is 0 Å². The molecule has 1 heterocycles. The maximum atomic E-state index is 9.34. The van der Waals surface area contributed by atoms with E-state index in [-0.39, 0.29) is 12.1 Å². The number of likely N-dealkylation sites (N-methyl/N-ethyl adjacent to an activating group) is 1. The van der Waals surface area contributed by atoms with Crippen LogP contribution in [0.4, 0.5) is 0 Å². The maximum absolute atomic E-state index is 9.34. The van der Waals surface area contributed by atoms with E-state index in [0.29, 0.717) is 0 Å². The van der Waals surface area contributed by atoms with Crippen molar-refractivity contribution in [2.45, 2.75) is 44.6 Å². The zero-order valence-electron chi connectivity index (χ0n) is 13.0. The Balaban J connectivity index is 2.15. The Hall–Kier alpha value is -0.160. The minimum atomic E-state index is -0.111. The number of nitrogens with one attached hydrogen (secondary N) is 1. The Morgan fingerprint density at radius 3 is 2.84 bits per heavy atom. The van der Waals surface area contributed by atoms with Gasteiger partial charge in [0, 0.05) is 19.2 Å². The first kappa shape index (κ1) is 16.9. The van der Waals surface area contributed by atoms with Gasteiger partial charge in [-0.2, -0.15) is 0 Å². The van der Waals surface area contributed by atoms with Crippen molar-refractivity contribution >= 4 is 0 Å². The van der Waals surface area contributed by atoms with Gasteiger partial charge >= 0.3 is 0 Å². The summed E-state index contributed by atoms with van der Waals surface area (Å²) in [6.45, 7) is 6.82. The van der Waals surface area contributed by atoms with Gasteiger partial charge in [0.2, 0.25) is 0 Å². The summed E-state index contributed by atoms with van der Waals surface area (Å²) in [6.07, 6.45) is 6.04. The Morgan fingerprint density at radius 2 is 2.21 bits per heavy atom. The summed E-state index contributed by atoms with van der Waals surface area (Å²) < 4.78 is 5.27. The van der Waals surface area contributed by atoms with Crippen LogP contribution in [0, 0.1) is 5.92 Å². The number of hydrogen-bond acceptors (Lipinski definition) is 4. The summed E-state index contributed by atoms with van der Waals surface area (Å²) in [7, 11) is 3.72. The van der Waals surface area contributed by atoms with Gasteiger partial charge in [0.25, 0.3) is 0 Å². The Morgan fingerprint density at radius 1 is 1.42 bits per heavy atom. The molecule has 0 spiro atoms. The highest BCUT2D eigenvalue weighted by molar-refractivity contribution is 4.80. The van der Waals surface area contributed by atoms with Crippen LogP contribution in [0.5, 0.6) is 0 Å². The molecule has 4 heteroatoms. The molecule has 1 fully saturated rings. The van der Waals surface area contributed by atoms with Crippen LogP contribution in [0.15, 0.2) is 0 Å². The van der Waals surface area contributed by atoms with Crippen molar-refractivity contribution in [3.63, 3.8) is 0 Å². The Kier molecular flexibility index (Phi) is 7.91. The highest BCUT2D eigenvalue weighted by atomic mass is 16.5. The van der Waals surface area contributed by atoms with E-state index in [1.54, 1.807) is 7.11 Å². The number of nitrogens with zero attached hydrogens (tertiary/aromatic N) is 1. The van der Waals surface area contributed by atoms with Gasteiger partial charge < -0.3 is 20.1 Å². The molecular formula is C15H32N2O2. The van der Waals surface area contributed by atoms with Crippen LogP contribution in [0.3, 0.4) is 0 Å². The van der Waals surface area contributed by atoms with Gasteiger partial charge in [-0.1, -0.05) is 6.42 Å². The molecular weight excluding hydrogens is 240 g/mol. The minimum Gasteiger partial charge on any atom is -0.394 e. The highest BCUT2D eigenvalue weighted by Crippen LogP contribution is 2.18. The summed E-state index contributed by atoms with van der Waals surface area (Å²) in [5, 5.41) is 12.6. The number of likely N-dealkylation sites (tertiary alicyclic amines) is 1. The van der Waals surface area contributed by atoms with Crippen LogP contribution in [0.25, 0.3) is 0 Å². The smallest absolute Gasteiger partial charge is 0.0610 e. The summed E-state index contributed by atoms with van der Waals surface area (Å²) in [5.74, 6) is 0.721. The van der Waals surface area contributed by atoms with Crippen molar-refractivity contribution in [1.29, 1.82) is 0 Å². The van der Waals surface area contributed by atoms with Crippen LogP contribution in [-0.4, -0.2) is 62.6 Å². The molecule has 2 atom stereocenters. The summed E-state index contributed by atoms with van der Waals surface area (Å²) >= 11 is 0. The van der Waals surface area contributed by atoms with Crippen molar-refractivity contribution in [3.8, 4) is 0 Å². The van der Waals surface area contributed by atoms with Crippen LogP contribution < -0.4 is 5.32 Å². The number of ether oxygens (including phenoxy) is 1. The fourth-order valence-corrected chi connectivity index (χ4v) is 2.86. The van der Waals surface area contributed by atoms with E-state index in [0.717, 1.165) is 18.9 Å². The molecule has 2 N–H and O–H groups in total. The molecule has 2 unspecified atom stereocenters. The van der Waals surface area contributed by atoms with Gasteiger partial charge in [0.15, 0.2) is 0 Å². The molecule has 4 nitrogen and oxygen atoms in total. The van der Waals surface area contributed by atoms with E-state index in [9.17, 15) is 5.11 Å². The number of piperidine rings is 1. The van der Waals surface area contributed by atoms with Gasteiger partial charge in [-0.05, 0) is 58.7 Å². The molecule has 0 bridgehead atoms. The lowest BCUT2D eigenvalue weighted by Gasteiger charge is -2.33. The first-order valence-corrected chi connectivity index (χ1v) is 7.64. The third-order valence-electron chi connectivity index (χ3n) is 4.41. The zero-order valence-corrected chi connectivity index (χ0v) is 13.0. The monoisotopic (exact) mass is 272 g/mol. The number of rotatable bonds is 9. The molecule has 0 aliphatic carbocycles. The lowest BCUT2D eigenvalue weighted by Crippen LogP contribution is -2.43. The Labute approximate surface area is 118 Å². The average molecular weight is 272 g/mol. The van der Waals surface area contributed by atoms with Gasteiger partial charge in [0.1, 0.15) is 0 Å². The highest BCUT2D eigenvalue weighted by Gasteiger charge is 2.21. The van der Waals surface area contributed by atoms with Gasteiger partial charge in [-0.15, -0.1) is 0 Å². The summed E-state index contributed by atoms with van der Waals surface area (Å²) in [5.41, 5.74) is -0.111. The first-order valence-electron chi connectivity index (χ1n) is 7.64. The van der Waals surface area contributed by atoms with Crippen LogP contribution >= 0.6 is 0 Å². The minimum absolute atomic E-state index is 0.111. The number of unbranched alkanes of at least 4 members (excludes halogenated alkanes) is 1. The van der Waals surface area contributed by atoms with E-state index in [2.05, 4.69) is 17.1 Å². The van der Waals surface area contributed by atoms with Crippen LogP contribution in [0.1, 0.15) is 39.0 Å². The third kappa shape index (κ3) is 6.21. The van der Waals surface area contributed by atoms with Crippen molar-refractivity contribution in [3.05, 3.63) is 0 Å². The molecule has 0 radical (unpaired) electrons. The first-order chi connectivity index (χ1) is 9.13. The van der Waals surface area contributed by atoms with Crippen molar-refractivity contribution in [2.24, 2.45) is 5.92 Å². The van der Waals surface area contributed by atoms with Gasteiger partial charge in [0.05, 0.1) is 13.2 Å². The number of aliphatic hydroxyl groups excluding tert-OH is 1. The van der Waals surface area contributed by atoms with E-state index in [1.165, 1.54) is 45.3 Å². The Bertz CT molecular complexity index is 230. The molecule has 0 saturated carbocycles.